The van der Waals surface area contributed by atoms with Crippen LogP contribution >= 0.6 is 0 Å². The molecule has 1 N–H and O–H groups in total. The summed E-state index contributed by atoms with van der Waals surface area (Å²) in [5, 5.41) is 8.06. The Balaban J connectivity index is 1.93. The van der Waals surface area contributed by atoms with Gasteiger partial charge in [0.2, 0.25) is 0 Å². The number of fused-ring (bicyclic) bond motifs is 1. The van der Waals surface area contributed by atoms with E-state index in [4.69, 9.17) is 4.74 Å². The molecule has 0 fully saturated rings. The molecule has 1 atom stereocenters. The van der Waals surface area contributed by atoms with Crippen LogP contribution in [-0.4, -0.2) is 34.9 Å². The fraction of sp³-hybridized carbons (Fsp3) is 0.625. The number of ether oxygens (including phenoxy) is 1. The first-order valence-corrected chi connectivity index (χ1v) is 7.67. The van der Waals surface area contributed by atoms with Crippen LogP contribution in [0.5, 0.6) is 0 Å². The molecule has 5 heteroatoms. The molecule has 5 nitrogen and oxygen atoms in total. The number of methoxy groups -OCH3 is 1. The van der Waals surface area contributed by atoms with Gasteiger partial charge in [-0.15, -0.1) is 0 Å². The maximum Gasteiger partial charge on any atom is 0.155 e. The van der Waals surface area contributed by atoms with Crippen LogP contribution in [0.2, 0.25) is 0 Å². The summed E-state index contributed by atoms with van der Waals surface area (Å²) in [4.78, 5) is 4.50. The molecule has 2 rings (SSSR count). The van der Waals surface area contributed by atoms with E-state index in [2.05, 4.69) is 29.2 Å². The average Bonchev–Trinajstić information content (AvgIpc) is 2.84. The van der Waals surface area contributed by atoms with Crippen molar-refractivity contribution in [3.05, 3.63) is 29.2 Å². The lowest BCUT2D eigenvalue weighted by Gasteiger charge is -2.16. The number of nitrogens with zero attached hydrogens (tertiary/aromatic N) is 3. The second-order valence-electron chi connectivity index (χ2n) is 5.58. The van der Waals surface area contributed by atoms with Crippen LogP contribution in [0.25, 0.3) is 5.65 Å². The highest BCUT2D eigenvalue weighted by atomic mass is 16.5. The van der Waals surface area contributed by atoms with Crippen LogP contribution < -0.4 is 5.32 Å². The van der Waals surface area contributed by atoms with Crippen molar-refractivity contribution in [1.82, 2.24) is 19.9 Å². The van der Waals surface area contributed by atoms with E-state index in [0.717, 1.165) is 36.6 Å². The van der Waals surface area contributed by atoms with Crippen LogP contribution in [0.1, 0.15) is 49.2 Å². The molecule has 0 aliphatic carbocycles. The molecule has 2 aromatic rings. The third-order valence-corrected chi connectivity index (χ3v) is 3.83. The molecular weight excluding hydrogens is 264 g/mol. The van der Waals surface area contributed by atoms with Gasteiger partial charge in [0, 0.05) is 43.3 Å². The summed E-state index contributed by atoms with van der Waals surface area (Å²) in [6.45, 7) is 8.15. The topological polar surface area (TPSA) is 51.5 Å². The van der Waals surface area contributed by atoms with Crippen molar-refractivity contribution in [3.63, 3.8) is 0 Å². The number of hydrogen-bond donors (Lipinski definition) is 1. The fourth-order valence-corrected chi connectivity index (χ4v) is 2.58. The molecular formula is C16H26N4O. The maximum atomic E-state index is 5.06. The van der Waals surface area contributed by atoms with Crippen LogP contribution in [0.3, 0.4) is 0 Å². The lowest BCUT2D eigenvalue weighted by atomic mass is 10.1. The highest BCUT2D eigenvalue weighted by Gasteiger charge is 2.12. The number of aryl methyl sites for hydroxylation is 2. The van der Waals surface area contributed by atoms with Gasteiger partial charge in [0.05, 0.1) is 5.69 Å². The Morgan fingerprint density at radius 2 is 2.10 bits per heavy atom. The van der Waals surface area contributed by atoms with Crippen molar-refractivity contribution < 1.29 is 4.74 Å². The highest BCUT2D eigenvalue weighted by Crippen LogP contribution is 2.18. The third-order valence-electron chi connectivity index (χ3n) is 3.83. The Hall–Kier alpha value is -1.46. The molecule has 0 saturated carbocycles. The average molecular weight is 290 g/mol. The zero-order valence-corrected chi connectivity index (χ0v) is 13.5. The minimum Gasteiger partial charge on any atom is -0.385 e. The van der Waals surface area contributed by atoms with Crippen molar-refractivity contribution in [1.29, 1.82) is 0 Å². The lowest BCUT2D eigenvalue weighted by molar-refractivity contribution is 0.192. The van der Waals surface area contributed by atoms with Gasteiger partial charge in [0.1, 0.15) is 0 Å². The molecule has 0 aliphatic rings. The van der Waals surface area contributed by atoms with Gasteiger partial charge in [-0.05, 0) is 46.6 Å². The summed E-state index contributed by atoms with van der Waals surface area (Å²) >= 11 is 0. The second kappa shape index (κ2) is 7.52. The number of aromatic nitrogens is 3. The fourth-order valence-electron chi connectivity index (χ4n) is 2.58. The van der Waals surface area contributed by atoms with Crippen LogP contribution in [-0.2, 0) is 4.74 Å². The van der Waals surface area contributed by atoms with E-state index < -0.39 is 0 Å². The number of rotatable bonds is 8. The third kappa shape index (κ3) is 4.02. The summed E-state index contributed by atoms with van der Waals surface area (Å²) in [5.41, 5.74) is 4.29. The van der Waals surface area contributed by atoms with Crippen LogP contribution in [0.15, 0.2) is 12.3 Å². The van der Waals surface area contributed by atoms with Crippen LogP contribution in [0, 0.1) is 13.8 Å². The number of hydrogen-bond acceptors (Lipinski definition) is 4. The first-order chi connectivity index (χ1) is 10.1. The summed E-state index contributed by atoms with van der Waals surface area (Å²) in [6, 6.07) is 2.29. The molecule has 0 saturated heterocycles. The van der Waals surface area contributed by atoms with Gasteiger partial charge < -0.3 is 10.1 Å². The van der Waals surface area contributed by atoms with E-state index in [9.17, 15) is 0 Å². The van der Waals surface area contributed by atoms with Gasteiger partial charge in [-0.1, -0.05) is 0 Å². The minimum atomic E-state index is 0.286. The summed E-state index contributed by atoms with van der Waals surface area (Å²) in [5.74, 6) is 0. The highest BCUT2D eigenvalue weighted by molar-refractivity contribution is 5.42. The van der Waals surface area contributed by atoms with Crippen molar-refractivity contribution >= 4 is 5.65 Å². The monoisotopic (exact) mass is 290 g/mol. The van der Waals surface area contributed by atoms with E-state index in [0.29, 0.717) is 0 Å². The smallest absolute Gasteiger partial charge is 0.155 e. The van der Waals surface area contributed by atoms with E-state index in [1.54, 1.807) is 7.11 Å². The largest absolute Gasteiger partial charge is 0.385 e. The van der Waals surface area contributed by atoms with Gasteiger partial charge >= 0.3 is 0 Å². The van der Waals surface area contributed by atoms with Gasteiger partial charge in [-0.25, -0.2) is 9.50 Å². The predicted molar refractivity (Wildman–Crippen MR) is 84.6 cm³/mol. The SMILES string of the molecule is COCCCCCNC(C)c1cnc2cc(C)nn2c1C. The van der Waals surface area contributed by atoms with E-state index in [1.807, 2.05) is 23.7 Å². The summed E-state index contributed by atoms with van der Waals surface area (Å²) < 4.78 is 6.99. The second-order valence-corrected chi connectivity index (χ2v) is 5.58. The summed E-state index contributed by atoms with van der Waals surface area (Å²) in [6.07, 6.45) is 5.46. The first-order valence-electron chi connectivity index (χ1n) is 7.67. The molecule has 1 unspecified atom stereocenters. The van der Waals surface area contributed by atoms with Crippen molar-refractivity contribution in [3.8, 4) is 0 Å². The number of nitrogens with one attached hydrogen (secondary N) is 1. The lowest BCUT2D eigenvalue weighted by Crippen LogP contribution is -2.21. The zero-order valence-electron chi connectivity index (χ0n) is 13.5. The van der Waals surface area contributed by atoms with Gasteiger partial charge in [0.25, 0.3) is 0 Å². The molecule has 21 heavy (non-hydrogen) atoms. The molecule has 0 spiro atoms. The van der Waals surface area contributed by atoms with E-state index in [-0.39, 0.29) is 6.04 Å². The minimum absolute atomic E-state index is 0.286. The Morgan fingerprint density at radius 3 is 2.86 bits per heavy atom. The molecule has 0 aromatic carbocycles. The zero-order chi connectivity index (χ0) is 15.2. The van der Waals surface area contributed by atoms with Crippen molar-refractivity contribution in [2.45, 2.75) is 46.1 Å². The normalized spacial score (nSPS) is 13.0. The van der Waals surface area contributed by atoms with Gasteiger partial charge in [-0.2, -0.15) is 5.10 Å². The number of unbranched alkanes of at least 4 members (excludes halogenated alkanes) is 2. The summed E-state index contributed by atoms with van der Waals surface area (Å²) in [7, 11) is 1.75. The first kappa shape index (κ1) is 15.9. The Morgan fingerprint density at radius 1 is 1.29 bits per heavy atom. The molecule has 0 bridgehead atoms. The Labute approximate surface area is 126 Å². The van der Waals surface area contributed by atoms with E-state index >= 15 is 0 Å². The van der Waals surface area contributed by atoms with Gasteiger partial charge in [-0.3, -0.25) is 0 Å². The van der Waals surface area contributed by atoms with Gasteiger partial charge in [0.15, 0.2) is 5.65 Å². The quantitative estimate of drug-likeness (QED) is 0.760. The molecule has 2 aromatic heterocycles. The van der Waals surface area contributed by atoms with Crippen molar-refractivity contribution in [2.75, 3.05) is 20.3 Å². The van der Waals surface area contributed by atoms with E-state index in [1.165, 1.54) is 18.4 Å². The van der Waals surface area contributed by atoms with Crippen LogP contribution in [0.4, 0.5) is 0 Å². The molecule has 0 radical (unpaired) electrons. The Bertz CT molecular complexity index is 579. The molecule has 116 valence electrons. The Kier molecular flexibility index (Phi) is 5.70. The standard InChI is InChI=1S/C16H26N4O/c1-12-10-16-18-11-15(14(3)20(16)19-12)13(2)17-8-6-5-7-9-21-4/h10-11,13,17H,5-9H2,1-4H3. The maximum absolute atomic E-state index is 5.06. The molecule has 0 amide bonds. The molecule has 2 heterocycles. The molecule has 0 aliphatic heterocycles. The predicted octanol–water partition coefficient (Wildman–Crippen LogP) is 2.81. The van der Waals surface area contributed by atoms with Crippen molar-refractivity contribution in [2.24, 2.45) is 0 Å².